The van der Waals surface area contributed by atoms with E-state index >= 15 is 0 Å². The van der Waals surface area contributed by atoms with Gasteiger partial charge in [0.15, 0.2) is 0 Å². The van der Waals surface area contributed by atoms with Crippen molar-refractivity contribution in [2.24, 2.45) is 0 Å². The zero-order valence-corrected chi connectivity index (χ0v) is 21.6. The summed E-state index contributed by atoms with van der Waals surface area (Å²) in [6.45, 7) is 2.07. The van der Waals surface area contributed by atoms with Gasteiger partial charge in [0, 0.05) is 16.3 Å². The molecule has 7 nitrogen and oxygen atoms in total. The zero-order chi connectivity index (χ0) is 26.4. The maximum Gasteiger partial charge on any atom is 0.266 e. The number of methoxy groups -OCH3 is 2. The third-order valence-corrected chi connectivity index (χ3v) is 6.86. The van der Waals surface area contributed by atoms with Crippen LogP contribution in [0.2, 0.25) is 0 Å². The molecule has 0 unspecified atom stereocenters. The number of benzene rings is 2. The molecule has 0 fully saturated rings. The van der Waals surface area contributed by atoms with Gasteiger partial charge in [0.05, 0.1) is 37.2 Å². The SMILES string of the molecule is CCCCc1[nH]c(=O)c(Sc2ccc(Nc3ccc(F)nc3)cc2)c(O)c1-c1c(OC)cccc1OC. The molecule has 0 spiro atoms. The number of halogens is 1. The van der Waals surface area contributed by atoms with E-state index in [0.717, 1.165) is 35.2 Å². The summed E-state index contributed by atoms with van der Waals surface area (Å²) in [5, 5.41) is 14.6. The van der Waals surface area contributed by atoms with Gasteiger partial charge in [-0.1, -0.05) is 31.2 Å². The van der Waals surface area contributed by atoms with E-state index in [1.165, 1.54) is 12.3 Å². The smallest absolute Gasteiger partial charge is 0.266 e. The van der Waals surface area contributed by atoms with Gasteiger partial charge in [0.1, 0.15) is 22.1 Å². The summed E-state index contributed by atoms with van der Waals surface area (Å²) in [6, 6.07) is 15.6. The molecule has 0 aliphatic rings. The molecule has 37 heavy (non-hydrogen) atoms. The molecule has 0 aliphatic heterocycles. The Morgan fingerprint density at radius 2 is 1.68 bits per heavy atom. The van der Waals surface area contributed by atoms with Crippen molar-refractivity contribution in [3.05, 3.63) is 82.8 Å². The second kappa shape index (κ2) is 11.8. The number of rotatable bonds is 10. The number of hydrogen-bond donors (Lipinski definition) is 3. The molecule has 2 aromatic carbocycles. The van der Waals surface area contributed by atoms with Crippen LogP contribution in [0.4, 0.5) is 15.8 Å². The van der Waals surface area contributed by atoms with E-state index in [1.807, 2.05) is 30.3 Å². The fourth-order valence-corrected chi connectivity index (χ4v) is 4.81. The number of ether oxygens (including phenoxy) is 2. The molecule has 0 saturated carbocycles. The highest BCUT2D eigenvalue weighted by Gasteiger charge is 2.24. The van der Waals surface area contributed by atoms with Crippen LogP contribution >= 0.6 is 11.8 Å². The van der Waals surface area contributed by atoms with Crippen LogP contribution in [0, 0.1) is 5.95 Å². The van der Waals surface area contributed by atoms with Gasteiger partial charge in [-0.2, -0.15) is 4.39 Å². The molecule has 4 rings (SSSR count). The molecule has 0 amide bonds. The minimum absolute atomic E-state index is 0.123. The average Bonchev–Trinajstić information content (AvgIpc) is 2.91. The lowest BCUT2D eigenvalue weighted by molar-refractivity contribution is 0.396. The summed E-state index contributed by atoms with van der Waals surface area (Å²) in [5.74, 6) is 0.387. The maximum absolute atomic E-state index is 13.1. The molecule has 9 heteroatoms. The zero-order valence-electron chi connectivity index (χ0n) is 20.8. The monoisotopic (exact) mass is 521 g/mol. The van der Waals surface area contributed by atoms with E-state index in [-0.39, 0.29) is 16.2 Å². The van der Waals surface area contributed by atoms with Crippen LogP contribution in [0.5, 0.6) is 17.2 Å². The first kappa shape index (κ1) is 26.1. The quantitative estimate of drug-likeness (QED) is 0.204. The first-order valence-corrected chi connectivity index (χ1v) is 12.6. The third kappa shape index (κ3) is 5.89. The molecule has 4 aromatic rings. The number of hydrogen-bond acceptors (Lipinski definition) is 7. The molecule has 192 valence electrons. The second-order valence-electron chi connectivity index (χ2n) is 8.25. The van der Waals surface area contributed by atoms with Crippen molar-refractivity contribution in [1.29, 1.82) is 0 Å². The number of aromatic amines is 1. The number of pyridine rings is 2. The highest BCUT2D eigenvalue weighted by Crippen LogP contribution is 2.47. The molecular formula is C28H28FN3O4S. The van der Waals surface area contributed by atoms with E-state index in [0.29, 0.717) is 40.4 Å². The largest absolute Gasteiger partial charge is 0.506 e. The van der Waals surface area contributed by atoms with Gasteiger partial charge < -0.3 is 24.9 Å². The molecule has 0 radical (unpaired) electrons. The Morgan fingerprint density at radius 3 is 2.27 bits per heavy atom. The second-order valence-corrected chi connectivity index (χ2v) is 9.33. The van der Waals surface area contributed by atoms with Crippen LogP contribution in [0.1, 0.15) is 25.5 Å². The highest BCUT2D eigenvalue weighted by atomic mass is 32.2. The van der Waals surface area contributed by atoms with Gasteiger partial charge in [0.2, 0.25) is 5.95 Å². The summed E-state index contributed by atoms with van der Waals surface area (Å²) in [4.78, 5) is 20.7. The Labute approximate surface area is 218 Å². The van der Waals surface area contributed by atoms with Crippen molar-refractivity contribution < 1.29 is 19.0 Å². The summed E-state index contributed by atoms with van der Waals surface area (Å²) >= 11 is 1.16. The van der Waals surface area contributed by atoms with Crippen LogP contribution < -0.4 is 20.3 Å². The number of aryl methyl sites for hydroxylation is 1. The van der Waals surface area contributed by atoms with Crippen LogP contribution in [-0.4, -0.2) is 29.3 Å². The van der Waals surface area contributed by atoms with Gasteiger partial charge in [-0.3, -0.25) is 4.79 Å². The Balaban J connectivity index is 1.72. The fraction of sp³-hybridized carbons (Fsp3) is 0.214. The number of nitrogens with one attached hydrogen (secondary N) is 2. The van der Waals surface area contributed by atoms with E-state index in [4.69, 9.17) is 9.47 Å². The van der Waals surface area contributed by atoms with Crippen LogP contribution in [0.3, 0.4) is 0 Å². The topological polar surface area (TPSA) is 96.5 Å². The van der Waals surface area contributed by atoms with Gasteiger partial charge >= 0.3 is 0 Å². The summed E-state index contributed by atoms with van der Waals surface area (Å²) < 4.78 is 24.2. The molecule has 0 aliphatic carbocycles. The average molecular weight is 522 g/mol. The van der Waals surface area contributed by atoms with Crippen molar-refractivity contribution in [3.63, 3.8) is 0 Å². The third-order valence-electron chi connectivity index (χ3n) is 5.77. The lowest BCUT2D eigenvalue weighted by atomic mass is 9.98. The summed E-state index contributed by atoms with van der Waals surface area (Å²) in [5.41, 5.74) is 2.75. The number of aromatic hydroxyl groups is 1. The lowest BCUT2D eigenvalue weighted by Gasteiger charge is -2.19. The first-order valence-electron chi connectivity index (χ1n) is 11.8. The van der Waals surface area contributed by atoms with Crippen LogP contribution in [0.15, 0.2) is 75.4 Å². The van der Waals surface area contributed by atoms with E-state index in [1.54, 1.807) is 32.4 Å². The minimum Gasteiger partial charge on any atom is -0.506 e. The maximum atomic E-state index is 13.1. The summed E-state index contributed by atoms with van der Waals surface area (Å²) in [7, 11) is 3.11. The number of anilines is 2. The Morgan fingerprint density at radius 1 is 1.00 bits per heavy atom. The van der Waals surface area contributed by atoms with Gasteiger partial charge in [-0.05, 0) is 61.4 Å². The van der Waals surface area contributed by atoms with E-state index in [2.05, 4.69) is 22.2 Å². The molecular weight excluding hydrogens is 493 g/mol. The first-order chi connectivity index (χ1) is 17.9. The number of aromatic nitrogens is 2. The lowest BCUT2D eigenvalue weighted by Crippen LogP contribution is -2.14. The number of nitrogens with zero attached hydrogens (tertiary/aromatic N) is 1. The predicted molar refractivity (Wildman–Crippen MR) is 144 cm³/mol. The molecule has 2 heterocycles. The van der Waals surface area contributed by atoms with Gasteiger partial charge in [-0.15, -0.1) is 0 Å². The fourth-order valence-electron chi connectivity index (χ4n) is 3.96. The molecule has 2 aromatic heterocycles. The Bertz CT molecular complexity index is 1400. The van der Waals surface area contributed by atoms with Crippen LogP contribution in [0.25, 0.3) is 11.1 Å². The van der Waals surface area contributed by atoms with Gasteiger partial charge in [-0.25, -0.2) is 4.98 Å². The van der Waals surface area contributed by atoms with Gasteiger partial charge in [0.25, 0.3) is 5.56 Å². The minimum atomic E-state index is -0.548. The van der Waals surface area contributed by atoms with Crippen molar-refractivity contribution in [2.45, 2.75) is 36.0 Å². The predicted octanol–water partition coefficient (Wildman–Crippen LogP) is 6.54. The van der Waals surface area contributed by atoms with E-state index < -0.39 is 5.95 Å². The van der Waals surface area contributed by atoms with Crippen molar-refractivity contribution in [2.75, 3.05) is 19.5 Å². The van der Waals surface area contributed by atoms with Crippen molar-refractivity contribution in [3.8, 4) is 28.4 Å². The molecule has 3 N–H and O–H groups in total. The van der Waals surface area contributed by atoms with Crippen LogP contribution in [-0.2, 0) is 6.42 Å². The molecule has 0 atom stereocenters. The van der Waals surface area contributed by atoms with Crippen molar-refractivity contribution in [1.82, 2.24) is 9.97 Å². The number of H-pyrrole nitrogens is 1. The Kier molecular flexibility index (Phi) is 8.35. The Hall–Kier alpha value is -3.98. The van der Waals surface area contributed by atoms with Crippen molar-refractivity contribution >= 4 is 23.1 Å². The number of unbranched alkanes of at least 4 members (excludes halogenated alkanes) is 1. The summed E-state index contributed by atoms with van der Waals surface area (Å²) in [6.07, 6.45) is 3.75. The highest BCUT2D eigenvalue weighted by molar-refractivity contribution is 7.99. The normalized spacial score (nSPS) is 10.8. The molecule has 0 saturated heterocycles. The standard InChI is InChI=1S/C28H28FN3O4S/c1-4-5-7-20-24(25-21(35-2)8-6-9-22(25)36-3)26(33)27(28(34)32-20)37-19-13-10-17(11-14-19)31-18-12-15-23(29)30-16-18/h6,8-16,31H,4-5,7H2,1-3H3,(H2,32,33,34). The molecule has 0 bridgehead atoms. The van der Waals surface area contributed by atoms with E-state index in [9.17, 15) is 14.3 Å².